The highest BCUT2D eigenvalue weighted by Gasteiger charge is 2.22. The molecule has 1 saturated carbocycles. The van der Waals surface area contributed by atoms with Crippen LogP contribution in [0.2, 0.25) is 0 Å². The van der Waals surface area contributed by atoms with Crippen LogP contribution in [-0.4, -0.2) is 32.7 Å². The Labute approximate surface area is 95.8 Å². The molecule has 90 valence electrons. The molecule has 0 aromatic carbocycles. The molecule has 5 heteroatoms. The second-order valence-corrected chi connectivity index (χ2v) is 4.59. The van der Waals surface area contributed by atoms with Crippen molar-refractivity contribution in [3.05, 3.63) is 11.9 Å². The molecular formula is C11H20N4O. The van der Waals surface area contributed by atoms with E-state index in [-0.39, 0.29) is 6.10 Å². The van der Waals surface area contributed by atoms with Crippen LogP contribution in [0.4, 0.5) is 0 Å². The monoisotopic (exact) mass is 224 g/mol. The molecule has 0 spiro atoms. The highest BCUT2D eigenvalue weighted by Crippen LogP contribution is 2.27. The molecule has 0 amide bonds. The van der Waals surface area contributed by atoms with Crippen molar-refractivity contribution in [2.75, 3.05) is 6.54 Å². The molecule has 5 nitrogen and oxygen atoms in total. The number of nitrogens with one attached hydrogen (secondary N) is 1. The lowest BCUT2D eigenvalue weighted by Gasteiger charge is -2.17. The lowest BCUT2D eigenvalue weighted by Crippen LogP contribution is -2.31. The molecule has 1 aromatic heterocycles. The van der Waals surface area contributed by atoms with Crippen molar-refractivity contribution < 1.29 is 5.11 Å². The second kappa shape index (κ2) is 5.41. The van der Waals surface area contributed by atoms with E-state index in [1.54, 1.807) is 10.9 Å². The smallest absolute Gasteiger partial charge is 0.0738 e. The van der Waals surface area contributed by atoms with Crippen molar-refractivity contribution in [3.63, 3.8) is 0 Å². The summed E-state index contributed by atoms with van der Waals surface area (Å²) in [5, 5.41) is 20.9. The van der Waals surface area contributed by atoms with Crippen LogP contribution < -0.4 is 5.32 Å². The molecule has 1 unspecified atom stereocenters. The molecule has 2 rings (SSSR count). The molecule has 0 radical (unpaired) electrons. The average Bonchev–Trinajstić information content (AvgIpc) is 2.90. The van der Waals surface area contributed by atoms with Crippen molar-refractivity contribution >= 4 is 0 Å². The number of aliphatic hydroxyl groups is 1. The summed E-state index contributed by atoms with van der Waals surface area (Å²) in [5.74, 6) is 0.497. The van der Waals surface area contributed by atoms with E-state index in [1.165, 1.54) is 25.7 Å². The van der Waals surface area contributed by atoms with E-state index in [1.807, 2.05) is 7.05 Å². The van der Waals surface area contributed by atoms with Crippen LogP contribution in [0.1, 0.15) is 31.4 Å². The van der Waals surface area contributed by atoms with Crippen LogP contribution >= 0.6 is 0 Å². The summed E-state index contributed by atoms with van der Waals surface area (Å²) in [6.07, 6.45) is 6.44. The number of nitrogens with zero attached hydrogens (tertiary/aromatic N) is 3. The van der Waals surface area contributed by atoms with E-state index in [4.69, 9.17) is 0 Å². The first-order valence-electron chi connectivity index (χ1n) is 5.99. The van der Waals surface area contributed by atoms with Gasteiger partial charge in [-0.15, -0.1) is 5.10 Å². The zero-order valence-electron chi connectivity index (χ0n) is 9.76. The van der Waals surface area contributed by atoms with Gasteiger partial charge in [-0.3, -0.25) is 4.68 Å². The number of aromatic nitrogens is 3. The molecule has 0 saturated heterocycles. The number of hydrogen-bond acceptors (Lipinski definition) is 4. The lowest BCUT2D eigenvalue weighted by atomic mass is 10.0. The quantitative estimate of drug-likeness (QED) is 0.762. The summed E-state index contributed by atoms with van der Waals surface area (Å²) < 4.78 is 1.74. The zero-order valence-corrected chi connectivity index (χ0v) is 9.76. The minimum absolute atomic E-state index is 0.205. The van der Waals surface area contributed by atoms with Gasteiger partial charge in [0.25, 0.3) is 0 Å². The first kappa shape index (κ1) is 11.5. The fourth-order valence-electron chi connectivity index (χ4n) is 2.33. The van der Waals surface area contributed by atoms with E-state index < -0.39 is 0 Å². The average molecular weight is 224 g/mol. The summed E-state index contributed by atoms with van der Waals surface area (Å²) in [5.41, 5.74) is 1.04. The van der Waals surface area contributed by atoms with Gasteiger partial charge in [-0.25, -0.2) is 0 Å². The van der Waals surface area contributed by atoms with Gasteiger partial charge in [0.1, 0.15) is 0 Å². The largest absolute Gasteiger partial charge is 0.392 e. The lowest BCUT2D eigenvalue weighted by molar-refractivity contribution is 0.109. The summed E-state index contributed by atoms with van der Waals surface area (Å²) in [7, 11) is 1.87. The van der Waals surface area contributed by atoms with Crippen LogP contribution in [0.15, 0.2) is 6.20 Å². The van der Waals surface area contributed by atoms with Gasteiger partial charge in [0.2, 0.25) is 0 Å². The van der Waals surface area contributed by atoms with E-state index in [0.29, 0.717) is 19.0 Å². The standard InChI is InChI=1S/C11H20N4O/c1-15-10(7-13-14-15)6-12-8-11(16)9-4-2-3-5-9/h7,9,11-12,16H,2-6,8H2,1H3. The fraction of sp³-hybridized carbons (Fsp3) is 0.818. The SMILES string of the molecule is Cn1nncc1CNCC(O)C1CCCC1. The van der Waals surface area contributed by atoms with Crippen LogP contribution in [0.3, 0.4) is 0 Å². The Kier molecular flexibility index (Phi) is 3.90. The van der Waals surface area contributed by atoms with Gasteiger partial charge in [0.15, 0.2) is 0 Å². The van der Waals surface area contributed by atoms with E-state index in [9.17, 15) is 5.11 Å². The molecule has 1 heterocycles. The van der Waals surface area contributed by atoms with Crippen molar-refractivity contribution in [1.82, 2.24) is 20.3 Å². The number of rotatable bonds is 5. The van der Waals surface area contributed by atoms with Crippen LogP contribution in [0.5, 0.6) is 0 Å². The maximum atomic E-state index is 9.95. The Morgan fingerprint density at radius 3 is 2.94 bits per heavy atom. The van der Waals surface area contributed by atoms with E-state index >= 15 is 0 Å². The number of hydrogen-bond donors (Lipinski definition) is 2. The maximum absolute atomic E-state index is 9.95. The topological polar surface area (TPSA) is 63.0 Å². The van der Waals surface area contributed by atoms with Crippen LogP contribution in [0, 0.1) is 5.92 Å². The van der Waals surface area contributed by atoms with Crippen molar-refractivity contribution in [1.29, 1.82) is 0 Å². The molecular weight excluding hydrogens is 204 g/mol. The van der Waals surface area contributed by atoms with Crippen LogP contribution in [0.25, 0.3) is 0 Å². The Bertz CT molecular complexity index is 320. The molecule has 1 aliphatic carbocycles. The van der Waals surface area contributed by atoms with Crippen LogP contribution in [-0.2, 0) is 13.6 Å². The predicted octanol–water partition coefficient (Wildman–Crippen LogP) is 0.456. The Balaban J connectivity index is 1.69. The van der Waals surface area contributed by atoms with Gasteiger partial charge >= 0.3 is 0 Å². The minimum atomic E-state index is -0.205. The summed E-state index contributed by atoms with van der Waals surface area (Å²) >= 11 is 0. The minimum Gasteiger partial charge on any atom is -0.392 e. The van der Waals surface area contributed by atoms with E-state index in [0.717, 1.165) is 5.69 Å². The van der Waals surface area contributed by atoms with Crippen molar-refractivity contribution in [2.24, 2.45) is 13.0 Å². The first-order chi connectivity index (χ1) is 7.77. The van der Waals surface area contributed by atoms with Gasteiger partial charge in [-0.1, -0.05) is 18.1 Å². The normalized spacial score (nSPS) is 19.1. The third-order valence-corrected chi connectivity index (χ3v) is 3.41. The third kappa shape index (κ3) is 2.80. The number of aliphatic hydroxyl groups excluding tert-OH is 1. The molecule has 2 N–H and O–H groups in total. The summed E-state index contributed by atoms with van der Waals surface area (Å²) in [6, 6.07) is 0. The van der Waals surface area contributed by atoms with Crippen molar-refractivity contribution in [2.45, 2.75) is 38.3 Å². The molecule has 0 aliphatic heterocycles. The molecule has 1 aliphatic rings. The highest BCUT2D eigenvalue weighted by atomic mass is 16.3. The van der Waals surface area contributed by atoms with Crippen molar-refractivity contribution in [3.8, 4) is 0 Å². The maximum Gasteiger partial charge on any atom is 0.0738 e. The highest BCUT2D eigenvalue weighted by molar-refractivity contribution is 4.92. The Morgan fingerprint density at radius 2 is 2.31 bits per heavy atom. The molecule has 1 aromatic rings. The third-order valence-electron chi connectivity index (χ3n) is 3.41. The second-order valence-electron chi connectivity index (χ2n) is 4.59. The van der Waals surface area contributed by atoms with Gasteiger partial charge < -0.3 is 10.4 Å². The van der Waals surface area contributed by atoms with Gasteiger partial charge in [-0.05, 0) is 18.8 Å². The molecule has 0 bridgehead atoms. The number of aryl methyl sites for hydroxylation is 1. The fourth-order valence-corrected chi connectivity index (χ4v) is 2.33. The Morgan fingerprint density at radius 1 is 1.56 bits per heavy atom. The molecule has 16 heavy (non-hydrogen) atoms. The van der Waals surface area contributed by atoms with Gasteiger partial charge in [0.05, 0.1) is 18.0 Å². The summed E-state index contributed by atoms with van der Waals surface area (Å²) in [6.45, 7) is 1.38. The zero-order chi connectivity index (χ0) is 11.4. The van der Waals surface area contributed by atoms with E-state index in [2.05, 4.69) is 15.6 Å². The van der Waals surface area contributed by atoms with Gasteiger partial charge in [-0.2, -0.15) is 0 Å². The molecule has 1 fully saturated rings. The first-order valence-corrected chi connectivity index (χ1v) is 5.99. The predicted molar refractivity (Wildman–Crippen MR) is 60.7 cm³/mol. The molecule has 1 atom stereocenters. The van der Waals surface area contributed by atoms with Gasteiger partial charge in [0, 0.05) is 20.1 Å². The summed E-state index contributed by atoms with van der Waals surface area (Å²) in [4.78, 5) is 0. The Hall–Kier alpha value is -0.940.